The molecule has 0 radical (unpaired) electrons. The number of aryl methyl sites for hydroxylation is 1. The second-order valence-electron chi connectivity index (χ2n) is 12.1. The van der Waals surface area contributed by atoms with Crippen LogP contribution in [0, 0.1) is 20.8 Å². The first kappa shape index (κ1) is 31.1. The molecule has 1 heterocycles. The van der Waals surface area contributed by atoms with E-state index in [0.29, 0.717) is 13.0 Å². The molecule has 0 aliphatic carbocycles. The SMILES string of the molecule is Cc1cc(OCCN2CCN(C(=O)CC(c3ccccc3)c3ccccc3)CC2)c(C)c(C)c1NC(=O)OC(C)(C)C. The molecule has 3 aromatic carbocycles. The lowest BCUT2D eigenvalue weighted by molar-refractivity contribution is -0.133. The van der Waals surface area contributed by atoms with Crippen LogP contribution in [0.2, 0.25) is 0 Å². The lowest BCUT2D eigenvalue weighted by Crippen LogP contribution is -2.49. The number of piperazine rings is 1. The summed E-state index contributed by atoms with van der Waals surface area (Å²) in [6, 6.07) is 22.6. The lowest BCUT2D eigenvalue weighted by Gasteiger charge is -2.35. The maximum absolute atomic E-state index is 13.4. The molecule has 1 saturated heterocycles. The molecule has 1 aliphatic rings. The minimum atomic E-state index is -0.560. The normalized spacial score (nSPS) is 14.1. The van der Waals surface area contributed by atoms with Gasteiger partial charge in [0.2, 0.25) is 5.91 Å². The van der Waals surface area contributed by atoms with E-state index in [9.17, 15) is 9.59 Å². The largest absolute Gasteiger partial charge is 0.492 e. The molecule has 0 bridgehead atoms. The van der Waals surface area contributed by atoms with Crippen molar-refractivity contribution in [3.63, 3.8) is 0 Å². The van der Waals surface area contributed by atoms with Crippen LogP contribution in [0.15, 0.2) is 66.7 Å². The molecule has 0 aromatic heterocycles. The Balaban J connectivity index is 1.28. The smallest absolute Gasteiger partial charge is 0.412 e. The van der Waals surface area contributed by atoms with Gasteiger partial charge in [-0.1, -0.05) is 60.7 Å². The number of benzene rings is 3. The van der Waals surface area contributed by atoms with Gasteiger partial charge in [-0.15, -0.1) is 0 Å². The fourth-order valence-corrected chi connectivity index (χ4v) is 5.40. The van der Waals surface area contributed by atoms with E-state index in [-0.39, 0.29) is 11.8 Å². The maximum Gasteiger partial charge on any atom is 0.412 e. The molecule has 42 heavy (non-hydrogen) atoms. The van der Waals surface area contributed by atoms with E-state index in [1.54, 1.807) is 0 Å². The Bertz CT molecular complexity index is 1300. The third-order valence-corrected chi connectivity index (χ3v) is 7.85. The van der Waals surface area contributed by atoms with E-state index in [1.165, 1.54) is 11.1 Å². The quantitative estimate of drug-likeness (QED) is 0.309. The first-order chi connectivity index (χ1) is 20.0. The molecule has 7 heteroatoms. The van der Waals surface area contributed by atoms with Crippen LogP contribution < -0.4 is 10.1 Å². The summed E-state index contributed by atoms with van der Waals surface area (Å²) in [5, 5.41) is 2.90. The molecule has 0 unspecified atom stereocenters. The number of carbonyl (C=O) groups is 2. The number of ether oxygens (including phenoxy) is 2. The van der Waals surface area contributed by atoms with E-state index in [0.717, 1.165) is 60.9 Å². The van der Waals surface area contributed by atoms with Crippen molar-refractivity contribution < 1.29 is 19.1 Å². The summed E-state index contributed by atoms with van der Waals surface area (Å²) >= 11 is 0. The van der Waals surface area contributed by atoms with Gasteiger partial charge in [-0.3, -0.25) is 15.0 Å². The van der Waals surface area contributed by atoms with Crippen molar-refractivity contribution in [2.45, 2.75) is 59.5 Å². The zero-order chi connectivity index (χ0) is 30.3. The van der Waals surface area contributed by atoms with Gasteiger partial charge in [0, 0.05) is 45.1 Å². The molecule has 224 valence electrons. The number of hydrogen-bond donors (Lipinski definition) is 1. The maximum atomic E-state index is 13.4. The molecule has 1 N–H and O–H groups in total. The minimum absolute atomic E-state index is 0.0483. The van der Waals surface area contributed by atoms with E-state index in [4.69, 9.17) is 9.47 Å². The van der Waals surface area contributed by atoms with Crippen molar-refractivity contribution in [2.24, 2.45) is 0 Å². The van der Waals surface area contributed by atoms with Gasteiger partial charge in [-0.05, 0) is 75.4 Å². The van der Waals surface area contributed by atoms with Crippen molar-refractivity contribution in [3.8, 4) is 5.75 Å². The van der Waals surface area contributed by atoms with Crippen molar-refractivity contribution in [1.29, 1.82) is 0 Å². The summed E-state index contributed by atoms with van der Waals surface area (Å²) < 4.78 is 11.6. The van der Waals surface area contributed by atoms with Crippen molar-refractivity contribution in [3.05, 3.63) is 94.5 Å². The number of amides is 2. The Kier molecular flexibility index (Phi) is 10.3. The van der Waals surface area contributed by atoms with Crippen LogP contribution in [-0.4, -0.2) is 66.7 Å². The summed E-state index contributed by atoms with van der Waals surface area (Å²) in [7, 11) is 0. The van der Waals surface area contributed by atoms with Crippen molar-refractivity contribution in [1.82, 2.24) is 9.80 Å². The molecule has 4 rings (SSSR count). The van der Waals surface area contributed by atoms with Crippen LogP contribution in [0.25, 0.3) is 0 Å². The van der Waals surface area contributed by atoms with Gasteiger partial charge in [-0.25, -0.2) is 4.79 Å². The molecule has 2 amide bonds. The standard InChI is InChI=1S/C35H45N3O4/c1-25-23-31(26(2)27(3)33(25)36-34(40)42-35(4,5)6)41-22-21-37-17-19-38(20-18-37)32(39)24-30(28-13-9-7-10-14-28)29-15-11-8-12-16-29/h7-16,23,30H,17-22,24H2,1-6H3,(H,36,40). The van der Waals surface area contributed by atoms with Crippen LogP contribution in [0.1, 0.15) is 60.9 Å². The highest BCUT2D eigenvalue weighted by atomic mass is 16.6. The van der Waals surface area contributed by atoms with Crippen LogP contribution in [0.5, 0.6) is 5.75 Å². The highest BCUT2D eigenvalue weighted by Gasteiger charge is 2.25. The average Bonchev–Trinajstić information content (AvgIpc) is 2.97. The van der Waals surface area contributed by atoms with Gasteiger partial charge in [0.05, 0.1) is 5.69 Å². The van der Waals surface area contributed by atoms with Crippen molar-refractivity contribution >= 4 is 17.7 Å². The molecular formula is C35H45N3O4. The third-order valence-electron chi connectivity index (χ3n) is 7.85. The van der Waals surface area contributed by atoms with Gasteiger partial charge in [0.1, 0.15) is 18.0 Å². The average molecular weight is 572 g/mol. The number of carbonyl (C=O) groups excluding carboxylic acids is 2. The Morgan fingerprint density at radius 3 is 1.98 bits per heavy atom. The summed E-state index contributed by atoms with van der Waals surface area (Å²) in [5.41, 5.74) is 5.42. The first-order valence-corrected chi connectivity index (χ1v) is 14.9. The highest BCUT2D eigenvalue weighted by molar-refractivity contribution is 5.87. The van der Waals surface area contributed by atoms with Gasteiger partial charge < -0.3 is 14.4 Å². The fourth-order valence-electron chi connectivity index (χ4n) is 5.40. The highest BCUT2D eigenvalue weighted by Crippen LogP contribution is 2.32. The predicted molar refractivity (Wildman–Crippen MR) is 168 cm³/mol. The number of nitrogens with one attached hydrogen (secondary N) is 1. The van der Waals surface area contributed by atoms with E-state index in [1.807, 2.05) is 88.9 Å². The van der Waals surface area contributed by atoms with Crippen LogP contribution in [0.3, 0.4) is 0 Å². The summed E-state index contributed by atoms with van der Waals surface area (Å²) in [4.78, 5) is 30.1. The summed E-state index contributed by atoms with van der Waals surface area (Å²) in [5.74, 6) is 1.07. The molecule has 3 aromatic rings. The van der Waals surface area contributed by atoms with Crippen LogP contribution >= 0.6 is 0 Å². The molecule has 1 aliphatic heterocycles. The lowest BCUT2D eigenvalue weighted by atomic mass is 9.88. The fraction of sp³-hybridized carbons (Fsp3) is 0.429. The van der Waals surface area contributed by atoms with Crippen LogP contribution in [0.4, 0.5) is 10.5 Å². The van der Waals surface area contributed by atoms with Gasteiger partial charge in [0.25, 0.3) is 0 Å². The molecule has 0 spiro atoms. The third kappa shape index (κ3) is 8.35. The number of nitrogens with zero attached hydrogens (tertiary/aromatic N) is 2. The first-order valence-electron chi connectivity index (χ1n) is 14.9. The van der Waals surface area contributed by atoms with Gasteiger partial charge in [0.15, 0.2) is 0 Å². The Morgan fingerprint density at radius 2 is 1.43 bits per heavy atom. The molecule has 1 fully saturated rings. The van der Waals surface area contributed by atoms with Crippen LogP contribution in [-0.2, 0) is 9.53 Å². The molecule has 0 atom stereocenters. The summed E-state index contributed by atoms with van der Waals surface area (Å²) in [6.07, 6.45) is 0.00325. The minimum Gasteiger partial charge on any atom is -0.492 e. The van der Waals surface area contributed by atoms with Gasteiger partial charge in [-0.2, -0.15) is 0 Å². The Labute approximate surface area is 250 Å². The Hall–Kier alpha value is -3.84. The second kappa shape index (κ2) is 13.9. The topological polar surface area (TPSA) is 71.1 Å². The Morgan fingerprint density at radius 1 is 0.857 bits per heavy atom. The zero-order valence-corrected chi connectivity index (χ0v) is 25.9. The number of anilines is 1. The second-order valence-corrected chi connectivity index (χ2v) is 12.1. The van der Waals surface area contributed by atoms with Gasteiger partial charge >= 0.3 is 6.09 Å². The van der Waals surface area contributed by atoms with E-state index in [2.05, 4.69) is 34.5 Å². The van der Waals surface area contributed by atoms with Crippen molar-refractivity contribution in [2.75, 3.05) is 44.6 Å². The monoisotopic (exact) mass is 571 g/mol. The van der Waals surface area contributed by atoms with E-state index >= 15 is 0 Å². The molecular weight excluding hydrogens is 526 g/mol. The van der Waals surface area contributed by atoms with E-state index < -0.39 is 11.7 Å². The summed E-state index contributed by atoms with van der Waals surface area (Å²) in [6.45, 7) is 15.9. The molecule has 0 saturated carbocycles. The zero-order valence-electron chi connectivity index (χ0n) is 25.9. The number of hydrogen-bond acceptors (Lipinski definition) is 5. The predicted octanol–water partition coefficient (Wildman–Crippen LogP) is 6.70. The number of rotatable bonds is 9. The molecule has 7 nitrogen and oxygen atoms in total.